The highest BCUT2D eigenvalue weighted by atomic mass is 127. The predicted molar refractivity (Wildman–Crippen MR) is 142 cm³/mol. The SMILES string of the molecule is Cc1nc(Nc2ncc(C(=O)Nc3c(C)cccc3Cl)s2)cc(N2CCN(SI)CC2)n1. The van der Waals surface area contributed by atoms with Gasteiger partial charge in [-0.2, -0.15) is 0 Å². The van der Waals surface area contributed by atoms with E-state index >= 15 is 0 Å². The normalized spacial score (nSPS) is 14.4. The highest BCUT2D eigenvalue weighted by molar-refractivity contribution is 14.2. The number of carbonyl (C=O) groups is 1. The Balaban J connectivity index is 1.45. The lowest BCUT2D eigenvalue weighted by molar-refractivity contribution is 0.103. The van der Waals surface area contributed by atoms with Crippen LogP contribution < -0.4 is 15.5 Å². The summed E-state index contributed by atoms with van der Waals surface area (Å²) in [7, 11) is 1.74. The molecule has 3 heterocycles. The molecule has 12 heteroatoms. The number of para-hydroxylation sites is 1. The Hall–Kier alpha value is -1.67. The molecule has 32 heavy (non-hydrogen) atoms. The van der Waals surface area contributed by atoms with Crippen LogP contribution in [-0.4, -0.2) is 51.3 Å². The maximum atomic E-state index is 12.7. The second-order valence-electron chi connectivity index (χ2n) is 7.18. The third kappa shape index (κ3) is 5.63. The van der Waals surface area contributed by atoms with Gasteiger partial charge in [-0.05, 0) is 34.6 Å². The number of carbonyl (C=O) groups excluding carboxylic acids is 1. The van der Waals surface area contributed by atoms with Gasteiger partial charge in [0.05, 0.1) is 16.9 Å². The zero-order valence-corrected chi connectivity index (χ0v) is 22.0. The first-order valence-corrected chi connectivity index (χ1v) is 14.4. The van der Waals surface area contributed by atoms with Crippen molar-refractivity contribution < 1.29 is 4.79 Å². The van der Waals surface area contributed by atoms with Gasteiger partial charge in [0, 0.05) is 53.5 Å². The second-order valence-corrected chi connectivity index (χ2v) is 10.5. The summed E-state index contributed by atoms with van der Waals surface area (Å²) in [6.45, 7) is 7.56. The molecular formula is C20H21ClIN7OS2. The van der Waals surface area contributed by atoms with Gasteiger partial charge in [0.2, 0.25) is 0 Å². The number of hydrogen-bond acceptors (Lipinski definition) is 9. The average molecular weight is 602 g/mol. The molecule has 0 unspecified atom stereocenters. The Bertz CT molecular complexity index is 1100. The van der Waals surface area contributed by atoms with Crippen molar-refractivity contribution >= 4 is 81.6 Å². The van der Waals surface area contributed by atoms with Gasteiger partial charge in [-0.15, -0.1) is 0 Å². The van der Waals surface area contributed by atoms with Gasteiger partial charge in [0.1, 0.15) is 22.3 Å². The third-order valence-corrected chi connectivity index (χ3v) is 8.37. The summed E-state index contributed by atoms with van der Waals surface area (Å²) in [5, 5.41) is 7.18. The monoisotopic (exact) mass is 601 g/mol. The summed E-state index contributed by atoms with van der Waals surface area (Å²) < 4.78 is 2.33. The van der Waals surface area contributed by atoms with Crippen LogP contribution in [0.3, 0.4) is 0 Å². The van der Waals surface area contributed by atoms with E-state index in [1.54, 1.807) is 21.4 Å². The van der Waals surface area contributed by atoms with Crippen molar-refractivity contribution in [1.82, 2.24) is 19.3 Å². The molecule has 3 aromatic rings. The van der Waals surface area contributed by atoms with E-state index in [-0.39, 0.29) is 5.91 Å². The summed E-state index contributed by atoms with van der Waals surface area (Å²) in [5.41, 5.74) is 1.51. The summed E-state index contributed by atoms with van der Waals surface area (Å²) in [6.07, 6.45) is 1.55. The van der Waals surface area contributed by atoms with Gasteiger partial charge >= 0.3 is 0 Å². The summed E-state index contributed by atoms with van der Waals surface area (Å²) in [4.78, 5) is 28.8. The number of rotatable bonds is 6. The fourth-order valence-corrected chi connectivity index (χ4v) is 5.75. The first-order chi connectivity index (χ1) is 15.4. The van der Waals surface area contributed by atoms with Crippen LogP contribution in [0.1, 0.15) is 21.1 Å². The average Bonchev–Trinajstić information content (AvgIpc) is 3.24. The van der Waals surface area contributed by atoms with E-state index in [4.69, 9.17) is 11.6 Å². The Kier molecular flexibility index (Phi) is 7.71. The Labute approximate surface area is 211 Å². The number of nitrogens with one attached hydrogen (secondary N) is 2. The first kappa shape index (κ1) is 23.5. The minimum atomic E-state index is -0.252. The minimum absolute atomic E-state index is 0.252. The lowest BCUT2D eigenvalue weighted by Crippen LogP contribution is -2.43. The fourth-order valence-electron chi connectivity index (χ4n) is 3.28. The zero-order valence-electron chi connectivity index (χ0n) is 17.4. The second kappa shape index (κ2) is 10.5. The number of aromatic nitrogens is 3. The lowest BCUT2D eigenvalue weighted by Gasteiger charge is -2.33. The van der Waals surface area contributed by atoms with Crippen molar-refractivity contribution in [2.24, 2.45) is 0 Å². The number of thiazole rings is 1. The molecule has 1 aliphatic rings. The molecule has 2 aromatic heterocycles. The van der Waals surface area contributed by atoms with E-state index in [9.17, 15) is 4.79 Å². The van der Waals surface area contributed by atoms with Crippen LogP contribution in [0.4, 0.5) is 22.5 Å². The number of benzene rings is 1. The van der Waals surface area contributed by atoms with Crippen LogP contribution in [0.5, 0.6) is 0 Å². The van der Waals surface area contributed by atoms with Crippen LogP contribution in [0.15, 0.2) is 30.5 Å². The molecule has 4 rings (SSSR count). The molecule has 1 aliphatic heterocycles. The van der Waals surface area contributed by atoms with E-state index in [0.717, 1.165) is 37.6 Å². The predicted octanol–water partition coefficient (Wildman–Crippen LogP) is 5.32. The van der Waals surface area contributed by atoms with Gasteiger partial charge in [0.15, 0.2) is 5.13 Å². The molecular weight excluding hydrogens is 581 g/mol. The third-order valence-electron chi connectivity index (χ3n) is 4.91. The topological polar surface area (TPSA) is 86.3 Å². The number of aryl methyl sites for hydroxylation is 2. The van der Waals surface area contributed by atoms with E-state index in [2.05, 4.69) is 56.0 Å². The van der Waals surface area contributed by atoms with Gasteiger partial charge < -0.3 is 15.5 Å². The molecule has 0 radical (unpaired) electrons. The number of halogens is 2. The molecule has 2 N–H and O–H groups in total. The van der Waals surface area contributed by atoms with Crippen molar-refractivity contribution in [1.29, 1.82) is 0 Å². The van der Waals surface area contributed by atoms with Crippen molar-refractivity contribution in [2.45, 2.75) is 13.8 Å². The Morgan fingerprint density at radius 2 is 2.00 bits per heavy atom. The van der Waals surface area contributed by atoms with Crippen LogP contribution in [-0.2, 0) is 0 Å². The highest BCUT2D eigenvalue weighted by Crippen LogP contribution is 2.29. The maximum absolute atomic E-state index is 12.7. The molecule has 168 valence electrons. The van der Waals surface area contributed by atoms with Gasteiger partial charge in [-0.25, -0.2) is 19.3 Å². The molecule has 1 saturated heterocycles. The molecule has 0 aliphatic carbocycles. The van der Waals surface area contributed by atoms with E-state index in [1.807, 2.05) is 32.0 Å². The van der Waals surface area contributed by atoms with Crippen LogP contribution in [0.2, 0.25) is 5.02 Å². The molecule has 0 atom stereocenters. The summed E-state index contributed by atoms with van der Waals surface area (Å²) in [6, 6.07) is 7.42. The first-order valence-electron chi connectivity index (χ1n) is 9.86. The fraction of sp³-hybridized carbons (Fsp3) is 0.300. The Morgan fingerprint density at radius 3 is 2.72 bits per heavy atom. The minimum Gasteiger partial charge on any atom is -0.354 e. The quantitative estimate of drug-likeness (QED) is 0.290. The van der Waals surface area contributed by atoms with E-state index < -0.39 is 0 Å². The standard InChI is InChI=1S/C20H21ClIN7OS2/c1-12-4-3-5-14(21)18(12)27-19(30)15-11-23-20(31-15)26-16-10-17(25-13(2)24-16)28-6-8-29(32-22)9-7-28/h3-5,10-11H,6-9H2,1-2H3,(H,27,30)(H,23,24,25,26). The van der Waals surface area contributed by atoms with Crippen molar-refractivity contribution in [3.05, 3.63) is 51.7 Å². The number of piperazine rings is 1. The van der Waals surface area contributed by atoms with Crippen LogP contribution in [0, 0.1) is 13.8 Å². The highest BCUT2D eigenvalue weighted by Gasteiger charge is 2.19. The van der Waals surface area contributed by atoms with Crippen LogP contribution >= 0.6 is 53.3 Å². The van der Waals surface area contributed by atoms with Gasteiger partial charge in [-0.1, -0.05) is 35.1 Å². The zero-order chi connectivity index (χ0) is 22.7. The molecule has 1 fully saturated rings. The smallest absolute Gasteiger partial charge is 0.267 e. The summed E-state index contributed by atoms with van der Waals surface area (Å²) >= 11 is 9.79. The van der Waals surface area contributed by atoms with Gasteiger partial charge in [-0.3, -0.25) is 4.79 Å². The van der Waals surface area contributed by atoms with Gasteiger partial charge in [0.25, 0.3) is 5.91 Å². The number of nitrogens with zero attached hydrogens (tertiary/aromatic N) is 5. The van der Waals surface area contributed by atoms with Crippen molar-refractivity contribution in [3.8, 4) is 0 Å². The summed E-state index contributed by atoms with van der Waals surface area (Å²) in [5.74, 6) is 1.97. The number of amides is 1. The molecule has 8 nitrogen and oxygen atoms in total. The number of hydrogen-bond donors (Lipinski definition) is 2. The van der Waals surface area contributed by atoms with Crippen molar-refractivity contribution in [2.75, 3.05) is 41.7 Å². The van der Waals surface area contributed by atoms with E-state index in [0.29, 0.717) is 32.4 Å². The maximum Gasteiger partial charge on any atom is 0.267 e. The largest absolute Gasteiger partial charge is 0.354 e. The van der Waals surface area contributed by atoms with Crippen LogP contribution in [0.25, 0.3) is 0 Å². The van der Waals surface area contributed by atoms with E-state index in [1.165, 1.54) is 11.3 Å². The Morgan fingerprint density at radius 1 is 1.22 bits per heavy atom. The molecule has 0 bridgehead atoms. The number of anilines is 4. The molecule has 1 amide bonds. The molecule has 0 spiro atoms. The lowest BCUT2D eigenvalue weighted by atomic mass is 10.2. The molecule has 0 saturated carbocycles. The molecule has 1 aromatic carbocycles. The van der Waals surface area contributed by atoms with Crippen molar-refractivity contribution in [3.63, 3.8) is 0 Å².